The van der Waals surface area contributed by atoms with Crippen molar-refractivity contribution in [2.45, 2.75) is 46.0 Å². The summed E-state index contributed by atoms with van der Waals surface area (Å²) in [5.41, 5.74) is 3.39. The third-order valence-corrected chi connectivity index (χ3v) is 6.90. The molecule has 3 heterocycles. The monoisotopic (exact) mass is 666 g/mol. The minimum atomic E-state index is -4.90. The molecule has 0 aliphatic heterocycles. The van der Waals surface area contributed by atoms with E-state index < -0.39 is 29.9 Å². The molecule has 5 rings (SSSR count). The molecule has 1 aliphatic rings. The molecule has 2 amide bonds. The number of nitriles is 1. The smallest absolute Gasteiger partial charge is 0.471 e. The molecule has 0 saturated carbocycles. The number of carbonyl (C=O) groups is 4. The average molecular weight is 667 g/mol. The van der Waals surface area contributed by atoms with E-state index in [1.54, 1.807) is 17.5 Å². The SMILES string of the molecule is C.C=CCOC(=O)c1ccc2c(c1C)CC[C@@H]2NC(=O)c1cc(C(=O)O)nc2ncnn12.N#Cc1cc(CNC(=O)C(F)(F)F)ccn1. The summed E-state index contributed by atoms with van der Waals surface area (Å²) < 4.78 is 41.8. The van der Waals surface area contributed by atoms with Gasteiger partial charge in [0.1, 0.15) is 30.4 Å². The number of amides is 2. The second kappa shape index (κ2) is 15.4. The number of pyridine rings is 1. The van der Waals surface area contributed by atoms with Gasteiger partial charge in [0.05, 0.1) is 11.6 Å². The highest BCUT2D eigenvalue weighted by molar-refractivity contribution is 5.96. The highest BCUT2D eigenvalue weighted by Gasteiger charge is 2.38. The number of alkyl halides is 3. The van der Waals surface area contributed by atoms with Gasteiger partial charge in [0.15, 0.2) is 5.69 Å². The number of rotatable bonds is 8. The van der Waals surface area contributed by atoms with Crippen LogP contribution in [0.25, 0.3) is 5.78 Å². The predicted octanol–water partition coefficient (Wildman–Crippen LogP) is 3.66. The summed E-state index contributed by atoms with van der Waals surface area (Å²) in [6.07, 6.45) is 0.423. The van der Waals surface area contributed by atoms with Crippen molar-refractivity contribution in [2.24, 2.45) is 0 Å². The fraction of sp³-hybridized carbons (Fsp3) is 0.258. The number of hydrogen-bond acceptors (Lipinski definition) is 10. The molecular weight excluding hydrogens is 637 g/mol. The van der Waals surface area contributed by atoms with Crippen molar-refractivity contribution in [1.82, 2.24) is 35.2 Å². The van der Waals surface area contributed by atoms with E-state index >= 15 is 0 Å². The number of ether oxygens (including phenoxy) is 1. The van der Waals surface area contributed by atoms with Crippen LogP contribution in [0.4, 0.5) is 13.2 Å². The number of nitrogens with zero attached hydrogens (tertiary/aromatic N) is 6. The van der Waals surface area contributed by atoms with Crippen molar-refractivity contribution in [3.63, 3.8) is 0 Å². The van der Waals surface area contributed by atoms with Crippen LogP contribution in [0.15, 0.2) is 55.5 Å². The van der Waals surface area contributed by atoms with E-state index in [-0.39, 0.29) is 49.5 Å². The summed E-state index contributed by atoms with van der Waals surface area (Å²) in [6, 6.07) is 8.83. The molecule has 0 spiro atoms. The first kappa shape index (κ1) is 36.3. The lowest BCUT2D eigenvalue weighted by Gasteiger charge is -2.16. The van der Waals surface area contributed by atoms with Crippen molar-refractivity contribution >= 4 is 29.5 Å². The lowest BCUT2D eigenvalue weighted by Crippen LogP contribution is -2.36. The minimum Gasteiger partial charge on any atom is -0.477 e. The summed E-state index contributed by atoms with van der Waals surface area (Å²) in [4.78, 5) is 58.4. The predicted molar refractivity (Wildman–Crippen MR) is 162 cm³/mol. The summed E-state index contributed by atoms with van der Waals surface area (Å²) in [5.74, 6) is -4.17. The van der Waals surface area contributed by atoms with Crippen molar-refractivity contribution in [2.75, 3.05) is 6.61 Å². The summed E-state index contributed by atoms with van der Waals surface area (Å²) >= 11 is 0. The van der Waals surface area contributed by atoms with Crippen molar-refractivity contribution in [3.8, 4) is 6.07 Å². The molecule has 0 fully saturated rings. The second-order valence-electron chi connectivity index (χ2n) is 9.90. The quantitative estimate of drug-likeness (QED) is 0.183. The van der Waals surface area contributed by atoms with E-state index in [2.05, 4.69) is 31.9 Å². The van der Waals surface area contributed by atoms with E-state index in [9.17, 15) is 37.5 Å². The normalized spacial score (nSPS) is 13.1. The third-order valence-electron chi connectivity index (χ3n) is 6.90. The zero-order valence-electron chi connectivity index (χ0n) is 24.5. The van der Waals surface area contributed by atoms with Gasteiger partial charge in [-0.25, -0.2) is 19.6 Å². The first-order valence-electron chi connectivity index (χ1n) is 13.7. The zero-order chi connectivity index (χ0) is 34.3. The molecule has 1 aliphatic carbocycles. The summed E-state index contributed by atoms with van der Waals surface area (Å²) in [7, 11) is 0. The maximum absolute atomic E-state index is 13.0. The number of hydrogen-bond donors (Lipinski definition) is 3. The molecule has 0 bridgehead atoms. The highest BCUT2D eigenvalue weighted by atomic mass is 19.4. The molecule has 14 nitrogen and oxygen atoms in total. The van der Waals surface area contributed by atoms with Crippen LogP contribution in [0.2, 0.25) is 0 Å². The molecule has 48 heavy (non-hydrogen) atoms. The van der Waals surface area contributed by atoms with E-state index in [0.29, 0.717) is 24.0 Å². The molecule has 3 N–H and O–H groups in total. The van der Waals surface area contributed by atoms with Crippen LogP contribution in [0.1, 0.15) is 79.2 Å². The molecule has 250 valence electrons. The molecule has 17 heteroatoms. The Bertz CT molecular complexity index is 1920. The number of carboxylic acids is 1. The fourth-order valence-electron chi connectivity index (χ4n) is 4.71. The average Bonchev–Trinajstić information content (AvgIpc) is 3.69. The number of aromatic carboxylic acids is 1. The largest absolute Gasteiger partial charge is 0.477 e. The Kier molecular flexibility index (Phi) is 11.6. The standard InChI is InChI=1S/C21H19N5O5.C9H6F3N3O.CH4/c1-3-8-31-20(30)13-4-5-14-12(11(13)2)6-7-15(14)24-18(27)17-9-16(19(28)29)25-21-22-10-23-26(17)21;10-9(11,12)8(16)15-5-6-1-2-14-7(3-6)4-13;/h3-5,9-10,15H,1,6-8H2,2H3,(H,24,27)(H,28,29);1-3H,5H2,(H,15,16);1H4/t15-;;/m0../s1. The Morgan fingerprint density at radius 1 is 1.21 bits per heavy atom. The summed E-state index contributed by atoms with van der Waals surface area (Å²) in [6.45, 7) is 5.23. The van der Waals surface area contributed by atoms with Gasteiger partial charge in [0, 0.05) is 18.8 Å². The maximum atomic E-state index is 13.0. The van der Waals surface area contributed by atoms with Gasteiger partial charge in [0.2, 0.25) is 0 Å². The van der Waals surface area contributed by atoms with Crippen LogP contribution in [0.5, 0.6) is 0 Å². The van der Waals surface area contributed by atoms with Crippen LogP contribution in [0, 0.1) is 18.3 Å². The number of fused-ring (bicyclic) bond motifs is 2. The number of carbonyl (C=O) groups excluding carboxylic acids is 3. The van der Waals surface area contributed by atoms with Gasteiger partial charge < -0.3 is 20.5 Å². The molecular formula is C31H29F3N8O6. The van der Waals surface area contributed by atoms with Gasteiger partial charge in [-0.1, -0.05) is 26.1 Å². The number of carboxylic acid groups (broad SMARTS) is 1. The first-order valence-corrected chi connectivity index (χ1v) is 13.7. The van der Waals surface area contributed by atoms with E-state index in [1.165, 1.54) is 41.3 Å². The number of nitrogens with one attached hydrogen (secondary N) is 2. The number of esters is 1. The minimum absolute atomic E-state index is 0. The zero-order valence-corrected chi connectivity index (χ0v) is 24.5. The summed E-state index contributed by atoms with van der Waals surface area (Å²) in [5, 5.41) is 26.3. The molecule has 0 saturated heterocycles. The van der Waals surface area contributed by atoms with E-state index in [1.807, 2.05) is 13.0 Å². The Morgan fingerprint density at radius 3 is 2.62 bits per heavy atom. The lowest BCUT2D eigenvalue weighted by atomic mass is 9.98. The second-order valence-corrected chi connectivity index (χ2v) is 9.90. The van der Waals surface area contributed by atoms with Crippen LogP contribution < -0.4 is 10.6 Å². The lowest BCUT2D eigenvalue weighted by molar-refractivity contribution is -0.173. The third kappa shape index (κ3) is 8.34. The van der Waals surface area contributed by atoms with E-state index in [4.69, 9.17) is 10.00 Å². The van der Waals surface area contributed by atoms with Crippen LogP contribution in [0.3, 0.4) is 0 Å². The van der Waals surface area contributed by atoms with Gasteiger partial charge in [-0.15, -0.1) is 0 Å². The van der Waals surface area contributed by atoms with Crippen LogP contribution in [-0.4, -0.2) is 66.2 Å². The fourth-order valence-corrected chi connectivity index (χ4v) is 4.71. The molecule has 3 aromatic heterocycles. The van der Waals surface area contributed by atoms with Crippen LogP contribution in [-0.2, 0) is 22.5 Å². The molecule has 1 atom stereocenters. The van der Waals surface area contributed by atoms with Gasteiger partial charge >= 0.3 is 24.0 Å². The molecule has 0 radical (unpaired) electrons. The first-order chi connectivity index (χ1) is 22.3. The van der Waals surface area contributed by atoms with E-state index in [0.717, 1.165) is 16.7 Å². The highest BCUT2D eigenvalue weighted by Crippen LogP contribution is 2.35. The van der Waals surface area contributed by atoms with Gasteiger partial charge in [-0.3, -0.25) is 9.59 Å². The Labute approximate surface area is 271 Å². The maximum Gasteiger partial charge on any atom is 0.471 e. The Morgan fingerprint density at radius 2 is 1.96 bits per heavy atom. The van der Waals surface area contributed by atoms with Gasteiger partial charge in [0.25, 0.3) is 11.7 Å². The Balaban J connectivity index is 0.000000312. The molecule has 0 unspecified atom stereocenters. The number of halogens is 3. The molecule has 4 aromatic rings. The number of aromatic nitrogens is 5. The van der Waals surface area contributed by atoms with Crippen molar-refractivity contribution in [3.05, 3.63) is 100 Å². The topological polar surface area (TPSA) is 202 Å². The van der Waals surface area contributed by atoms with Gasteiger partial charge in [-0.2, -0.15) is 33.0 Å². The van der Waals surface area contributed by atoms with Gasteiger partial charge in [-0.05, 0) is 60.2 Å². The van der Waals surface area contributed by atoms with Crippen LogP contribution >= 0.6 is 0 Å². The Hall–Kier alpha value is -6.18. The van der Waals surface area contributed by atoms with Crippen molar-refractivity contribution < 1.29 is 42.2 Å². The molecule has 1 aromatic carbocycles. The van der Waals surface area contributed by atoms with Crippen molar-refractivity contribution in [1.29, 1.82) is 5.26 Å². The number of benzene rings is 1.